The van der Waals surface area contributed by atoms with E-state index in [4.69, 9.17) is 4.74 Å². The van der Waals surface area contributed by atoms with Crippen LogP contribution in [0.4, 0.5) is 14.5 Å². The summed E-state index contributed by atoms with van der Waals surface area (Å²) in [4.78, 5) is 24.1. The van der Waals surface area contributed by atoms with Gasteiger partial charge in [0, 0.05) is 0 Å². The lowest BCUT2D eigenvalue weighted by Crippen LogP contribution is -2.30. The van der Waals surface area contributed by atoms with Gasteiger partial charge in [0.25, 0.3) is 5.91 Å². The van der Waals surface area contributed by atoms with E-state index in [1.807, 2.05) is 13.8 Å². The number of ether oxygens (including phenoxy) is 1. The second-order valence-corrected chi connectivity index (χ2v) is 5.91. The zero-order valence-corrected chi connectivity index (χ0v) is 14.2. The van der Waals surface area contributed by atoms with Gasteiger partial charge in [0.2, 0.25) is 0 Å². The Balaban J connectivity index is 2.01. The standard InChI is InChI=1S/C19H19F2NO3/c1-11(2)13-7-9-14(10-8-13)19(24)25-12(3)18(23)22-17-15(20)5-4-6-16(17)21/h4-12H,1-3H3,(H,22,23). The fourth-order valence-electron chi connectivity index (χ4n) is 2.13. The number of halogens is 2. The number of amides is 1. The molecule has 0 aliphatic heterocycles. The molecule has 0 saturated carbocycles. The van der Waals surface area contributed by atoms with Crippen molar-refractivity contribution < 1.29 is 23.1 Å². The molecule has 0 radical (unpaired) electrons. The monoisotopic (exact) mass is 347 g/mol. The van der Waals surface area contributed by atoms with E-state index in [2.05, 4.69) is 5.32 Å². The Morgan fingerprint density at radius 2 is 1.52 bits per heavy atom. The SMILES string of the molecule is CC(OC(=O)c1ccc(C(C)C)cc1)C(=O)Nc1c(F)cccc1F. The fourth-order valence-corrected chi connectivity index (χ4v) is 2.13. The third kappa shape index (κ3) is 4.62. The van der Waals surface area contributed by atoms with E-state index in [-0.39, 0.29) is 0 Å². The summed E-state index contributed by atoms with van der Waals surface area (Å²) >= 11 is 0. The average Bonchev–Trinajstić information content (AvgIpc) is 2.58. The Hall–Kier alpha value is -2.76. The van der Waals surface area contributed by atoms with E-state index in [0.717, 1.165) is 17.7 Å². The number of hydrogen-bond acceptors (Lipinski definition) is 3. The minimum Gasteiger partial charge on any atom is -0.449 e. The molecule has 2 rings (SSSR count). The van der Waals surface area contributed by atoms with Crippen molar-refractivity contribution in [3.05, 3.63) is 65.2 Å². The molecule has 4 nitrogen and oxygen atoms in total. The lowest BCUT2D eigenvalue weighted by molar-refractivity contribution is -0.123. The molecule has 0 bridgehead atoms. The fraction of sp³-hybridized carbons (Fsp3) is 0.263. The lowest BCUT2D eigenvalue weighted by atomic mass is 10.0. The van der Waals surface area contributed by atoms with Gasteiger partial charge in [-0.15, -0.1) is 0 Å². The molecule has 0 aromatic heterocycles. The summed E-state index contributed by atoms with van der Waals surface area (Å²) in [5.41, 5.74) is 0.787. The van der Waals surface area contributed by atoms with Crippen molar-refractivity contribution in [1.29, 1.82) is 0 Å². The second kappa shape index (κ2) is 7.88. The number of carbonyl (C=O) groups is 2. The van der Waals surface area contributed by atoms with Gasteiger partial charge in [0.15, 0.2) is 6.10 Å². The van der Waals surface area contributed by atoms with E-state index in [1.54, 1.807) is 24.3 Å². The van der Waals surface area contributed by atoms with Crippen molar-refractivity contribution in [3.63, 3.8) is 0 Å². The van der Waals surface area contributed by atoms with Crippen LogP contribution in [0.3, 0.4) is 0 Å². The molecule has 2 aromatic carbocycles. The number of carbonyl (C=O) groups excluding carboxylic acids is 2. The van der Waals surface area contributed by atoms with Crippen molar-refractivity contribution in [2.75, 3.05) is 5.32 Å². The number of benzene rings is 2. The van der Waals surface area contributed by atoms with Crippen molar-refractivity contribution in [2.24, 2.45) is 0 Å². The number of nitrogens with one attached hydrogen (secondary N) is 1. The molecule has 6 heteroatoms. The van der Waals surface area contributed by atoms with Crippen molar-refractivity contribution in [2.45, 2.75) is 32.8 Å². The summed E-state index contributed by atoms with van der Waals surface area (Å²) in [6, 6.07) is 10.1. The highest BCUT2D eigenvalue weighted by molar-refractivity contribution is 5.97. The first kappa shape index (κ1) is 18.6. The maximum atomic E-state index is 13.5. The van der Waals surface area contributed by atoms with Crippen molar-refractivity contribution in [1.82, 2.24) is 0 Å². The molecule has 0 spiro atoms. The molecule has 1 unspecified atom stereocenters. The highest BCUT2D eigenvalue weighted by Crippen LogP contribution is 2.19. The zero-order chi connectivity index (χ0) is 18.6. The smallest absolute Gasteiger partial charge is 0.338 e. The van der Waals surface area contributed by atoms with Gasteiger partial charge >= 0.3 is 5.97 Å². The van der Waals surface area contributed by atoms with Crippen LogP contribution in [-0.4, -0.2) is 18.0 Å². The Kier molecular flexibility index (Phi) is 5.85. The molecule has 1 N–H and O–H groups in total. The zero-order valence-electron chi connectivity index (χ0n) is 14.2. The topological polar surface area (TPSA) is 55.4 Å². The van der Waals surface area contributed by atoms with E-state index in [1.165, 1.54) is 13.0 Å². The largest absolute Gasteiger partial charge is 0.449 e. The normalized spacial score (nSPS) is 11.9. The second-order valence-electron chi connectivity index (χ2n) is 5.91. The van der Waals surface area contributed by atoms with Crippen LogP contribution < -0.4 is 5.32 Å². The first-order valence-corrected chi connectivity index (χ1v) is 7.85. The van der Waals surface area contributed by atoms with E-state index >= 15 is 0 Å². The van der Waals surface area contributed by atoms with Gasteiger partial charge in [-0.05, 0) is 42.7 Å². The summed E-state index contributed by atoms with van der Waals surface area (Å²) in [5, 5.41) is 2.09. The maximum absolute atomic E-state index is 13.5. The summed E-state index contributed by atoms with van der Waals surface area (Å²) in [7, 11) is 0. The number of hydrogen-bond donors (Lipinski definition) is 1. The Labute approximate surface area is 144 Å². The van der Waals surface area contributed by atoms with E-state index in [0.29, 0.717) is 11.5 Å². The minimum absolute atomic E-state index is 0.293. The van der Waals surface area contributed by atoms with Crippen molar-refractivity contribution in [3.8, 4) is 0 Å². The van der Waals surface area contributed by atoms with Crippen LogP contribution in [0.5, 0.6) is 0 Å². The van der Waals surface area contributed by atoms with Gasteiger partial charge in [-0.25, -0.2) is 13.6 Å². The van der Waals surface area contributed by atoms with Gasteiger partial charge in [-0.2, -0.15) is 0 Å². The van der Waals surface area contributed by atoms with Crippen molar-refractivity contribution >= 4 is 17.6 Å². The van der Waals surface area contributed by atoms with Crippen LogP contribution >= 0.6 is 0 Å². The molecule has 0 aliphatic rings. The first-order chi connectivity index (χ1) is 11.8. The number of esters is 1. The van der Waals surface area contributed by atoms with Gasteiger partial charge in [-0.1, -0.05) is 32.0 Å². The maximum Gasteiger partial charge on any atom is 0.338 e. The summed E-state index contributed by atoms with van der Waals surface area (Å²) in [5.74, 6) is -3.00. The molecule has 0 aliphatic carbocycles. The molecule has 1 atom stereocenters. The molecule has 1 amide bonds. The Bertz CT molecular complexity index is 752. The first-order valence-electron chi connectivity index (χ1n) is 7.85. The molecular weight excluding hydrogens is 328 g/mol. The molecule has 132 valence electrons. The number of rotatable bonds is 5. The number of para-hydroxylation sites is 1. The lowest BCUT2D eigenvalue weighted by Gasteiger charge is -2.14. The van der Waals surface area contributed by atoms with Crippen LogP contribution in [0, 0.1) is 11.6 Å². The molecule has 25 heavy (non-hydrogen) atoms. The van der Waals surface area contributed by atoms with E-state index < -0.39 is 35.3 Å². The Morgan fingerprint density at radius 3 is 2.04 bits per heavy atom. The third-order valence-corrected chi connectivity index (χ3v) is 3.68. The van der Waals surface area contributed by atoms with Gasteiger partial charge < -0.3 is 10.1 Å². The predicted octanol–water partition coefficient (Wildman–Crippen LogP) is 4.27. The summed E-state index contributed by atoms with van der Waals surface area (Å²) in [6.07, 6.45) is -1.21. The average molecular weight is 347 g/mol. The van der Waals surface area contributed by atoms with Crippen LogP contribution in [0.15, 0.2) is 42.5 Å². The number of anilines is 1. The highest BCUT2D eigenvalue weighted by atomic mass is 19.1. The molecule has 0 saturated heterocycles. The Morgan fingerprint density at radius 1 is 0.960 bits per heavy atom. The predicted molar refractivity (Wildman–Crippen MR) is 90.4 cm³/mol. The van der Waals surface area contributed by atoms with Gasteiger partial charge in [0.05, 0.1) is 5.56 Å². The molecule has 2 aromatic rings. The summed E-state index contributed by atoms with van der Waals surface area (Å²) < 4.78 is 32.1. The minimum atomic E-state index is -1.21. The van der Waals surface area contributed by atoms with Crippen LogP contribution in [0.1, 0.15) is 42.6 Å². The van der Waals surface area contributed by atoms with Gasteiger partial charge in [-0.3, -0.25) is 4.79 Å². The highest BCUT2D eigenvalue weighted by Gasteiger charge is 2.21. The van der Waals surface area contributed by atoms with Crippen LogP contribution in [-0.2, 0) is 9.53 Å². The quantitative estimate of drug-likeness (QED) is 0.822. The molecule has 0 fully saturated rings. The van der Waals surface area contributed by atoms with E-state index in [9.17, 15) is 18.4 Å². The molecular formula is C19H19F2NO3. The van der Waals surface area contributed by atoms with Crippen LogP contribution in [0.25, 0.3) is 0 Å². The van der Waals surface area contributed by atoms with Gasteiger partial charge in [0.1, 0.15) is 17.3 Å². The third-order valence-electron chi connectivity index (χ3n) is 3.68. The molecule has 0 heterocycles. The van der Waals surface area contributed by atoms with Crippen LogP contribution in [0.2, 0.25) is 0 Å². The summed E-state index contributed by atoms with van der Waals surface area (Å²) in [6.45, 7) is 5.39.